The first-order chi connectivity index (χ1) is 11.6. The summed E-state index contributed by atoms with van der Waals surface area (Å²) in [5, 5.41) is 6.88. The van der Waals surface area contributed by atoms with Crippen LogP contribution >= 0.6 is 0 Å². The number of hydrogen-bond donors (Lipinski definition) is 2. The van der Waals surface area contributed by atoms with E-state index in [1.165, 1.54) is 5.57 Å². The second-order valence-electron chi connectivity index (χ2n) is 6.58. The highest BCUT2D eigenvalue weighted by Crippen LogP contribution is 2.29. The third kappa shape index (κ3) is 3.72. The molecular weight excluding hydrogens is 302 g/mol. The topological polar surface area (TPSA) is 70.6 Å². The lowest BCUT2D eigenvalue weighted by Crippen LogP contribution is -2.35. The number of amides is 2. The predicted molar refractivity (Wildman–Crippen MR) is 93.4 cm³/mol. The Morgan fingerprint density at radius 3 is 2.83 bits per heavy atom. The fourth-order valence-electron chi connectivity index (χ4n) is 3.33. The number of carbonyl (C=O) groups is 2. The smallest absolute Gasteiger partial charge is 0.253 e. The van der Waals surface area contributed by atoms with Crippen molar-refractivity contribution in [3.63, 3.8) is 0 Å². The molecule has 1 saturated heterocycles. The molecule has 0 unspecified atom stereocenters. The van der Waals surface area contributed by atoms with Crippen LogP contribution in [0, 0.1) is 11.8 Å². The second-order valence-corrected chi connectivity index (χ2v) is 6.58. The molecule has 24 heavy (non-hydrogen) atoms. The molecule has 0 spiro atoms. The van der Waals surface area contributed by atoms with E-state index in [2.05, 4.69) is 28.8 Å². The fraction of sp³-hybridized carbons (Fsp3) is 0.421. The first kappa shape index (κ1) is 16.4. The van der Waals surface area contributed by atoms with Crippen molar-refractivity contribution in [3.8, 4) is 0 Å². The molecule has 0 saturated carbocycles. The minimum atomic E-state index is -0.724. The molecule has 0 bridgehead atoms. The summed E-state index contributed by atoms with van der Waals surface area (Å²) >= 11 is 0. The number of nitrogens with zero attached hydrogens (tertiary/aromatic N) is 1. The zero-order chi connectivity index (χ0) is 16.9. The Bertz CT molecular complexity index is 666. The second kappa shape index (κ2) is 7.43. The van der Waals surface area contributed by atoms with E-state index in [4.69, 9.17) is 0 Å². The van der Waals surface area contributed by atoms with Gasteiger partial charge in [-0.05, 0) is 37.7 Å². The predicted octanol–water partition coefficient (Wildman–Crippen LogP) is 2.36. The summed E-state index contributed by atoms with van der Waals surface area (Å²) in [7, 11) is 0. The molecule has 1 aliphatic heterocycles. The van der Waals surface area contributed by atoms with Crippen LogP contribution in [0.2, 0.25) is 0 Å². The van der Waals surface area contributed by atoms with Crippen molar-refractivity contribution < 1.29 is 9.59 Å². The Morgan fingerprint density at radius 1 is 1.33 bits per heavy atom. The molecule has 1 aromatic rings. The Morgan fingerprint density at radius 2 is 2.12 bits per heavy atom. The molecule has 1 aliphatic carbocycles. The maximum Gasteiger partial charge on any atom is 0.253 e. The maximum atomic E-state index is 12.4. The minimum Gasteiger partial charge on any atom is -0.355 e. The quantitative estimate of drug-likeness (QED) is 0.386. The van der Waals surface area contributed by atoms with E-state index in [1.54, 1.807) is 6.21 Å². The van der Waals surface area contributed by atoms with Gasteiger partial charge in [0.05, 0.1) is 0 Å². The van der Waals surface area contributed by atoms with E-state index in [0.29, 0.717) is 12.5 Å². The first-order valence-corrected chi connectivity index (χ1v) is 8.46. The van der Waals surface area contributed by atoms with Gasteiger partial charge in [-0.3, -0.25) is 9.59 Å². The zero-order valence-corrected chi connectivity index (χ0v) is 13.9. The number of hydrazone groups is 1. The Labute approximate surface area is 142 Å². The van der Waals surface area contributed by atoms with Gasteiger partial charge < -0.3 is 5.32 Å². The molecule has 0 aromatic heterocycles. The van der Waals surface area contributed by atoms with Gasteiger partial charge >= 0.3 is 0 Å². The van der Waals surface area contributed by atoms with Crippen LogP contribution in [0.3, 0.4) is 0 Å². The van der Waals surface area contributed by atoms with Crippen LogP contribution in [-0.2, 0) is 9.59 Å². The van der Waals surface area contributed by atoms with Crippen LogP contribution in [0.5, 0.6) is 0 Å². The molecule has 2 N–H and O–H groups in total. The average Bonchev–Trinajstić information content (AvgIpc) is 2.99. The molecule has 1 heterocycles. The van der Waals surface area contributed by atoms with Crippen molar-refractivity contribution in [2.75, 3.05) is 6.54 Å². The van der Waals surface area contributed by atoms with Crippen molar-refractivity contribution in [1.29, 1.82) is 0 Å². The third-order valence-corrected chi connectivity index (χ3v) is 4.83. The number of nitrogens with one attached hydrogen (secondary N) is 2. The highest BCUT2D eigenvalue weighted by Gasteiger charge is 2.40. The van der Waals surface area contributed by atoms with E-state index < -0.39 is 5.92 Å². The lowest BCUT2D eigenvalue weighted by atomic mass is 9.88. The van der Waals surface area contributed by atoms with Gasteiger partial charge in [0.1, 0.15) is 5.92 Å². The molecule has 3 atom stereocenters. The Balaban J connectivity index is 1.61. The van der Waals surface area contributed by atoms with E-state index in [-0.39, 0.29) is 17.7 Å². The van der Waals surface area contributed by atoms with Gasteiger partial charge in [-0.15, -0.1) is 0 Å². The molecule has 1 fully saturated rings. The molecule has 126 valence electrons. The standard InChI is InChI=1S/C19H23N3O2/c1-13-7-9-14(10-8-13)11-21-22-19(24)17-16(12-20-18(17)23)15-5-3-2-4-6-15/h2-7,11,14,16-17H,8-10,12H2,1H3,(H,20,23)(H,22,24)/b21-11-/t14-,16-,17-/m1/s1. The van der Waals surface area contributed by atoms with Gasteiger partial charge in [0.25, 0.3) is 5.91 Å². The molecule has 1 aromatic carbocycles. The van der Waals surface area contributed by atoms with Gasteiger partial charge in [-0.2, -0.15) is 5.10 Å². The first-order valence-electron chi connectivity index (χ1n) is 8.46. The maximum absolute atomic E-state index is 12.4. The number of allylic oxidation sites excluding steroid dienone is 2. The van der Waals surface area contributed by atoms with Gasteiger partial charge in [0, 0.05) is 18.7 Å². The van der Waals surface area contributed by atoms with E-state index in [9.17, 15) is 9.59 Å². The SMILES string of the molecule is CC1=CC[C@@H](/C=N\NC(=O)[C@H]2C(=O)NC[C@@H]2c2ccccc2)CC1. The summed E-state index contributed by atoms with van der Waals surface area (Å²) in [4.78, 5) is 24.5. The molecule has 3 rings (SSSR count). The average molecular weight is 325 g/mol. The number of benzene rings is 1. The van der Waals surface area contributed by atoms with Crippen molar-refractivity contribution >= 4 is 18.0 Å². The van der Waals surface area contributed by atoms with Crippen LogP contribution < -0.4 is 10.7 Å². The molecule has 5 nitrogen and oxygen atoms in total. The van der Waals surface area contributed by atoms with Crippen LogP contribution in [0.25, 0.3) is 0 Å². The van der Waals surface area contributed by atoms with Crippen LogP contribution in [0.1, 0.15) is 37.7 Å². The summed E-state index contributed by atoms with van der Waals surface area (Å²) in [6.45, 7) is 2.62. The van der Waals surface area contributed by atoms with Crippen LogP contribution in [-0.4, -0.2) is 24.6 Å². The molecule has 0 radical (unpaired) electrons. The van der Waals surface area contributed by atoms with Crippen molar-refractivity contribution in [3.05, 3.63) is 47.5 Å². The Kier molecular flexibility index (Phi) is 5.08. The van der Waals surface area contributed by atoms with Gasteiger partial charge in [0.2, 0.25) is 5.91 Å². The van der Waals surface area contributed by atoms with Crippen LogP contribution in [0.15, 0.2) is 47.1 Å². The third-order valence-electron chi connectivity index (χ3n) is 4.83. The van der Waals surface area contributed by atoms with Crippen molar-refractivity contribution in [2.45, 2.75) is 32.1 Å². The number of hydrogen-bond acceptors (Lipinski definition) is 3. The normalized spacial score (nSPS) is 27.0. The lowest BCUT2D eigenvalue weighted by Gasteiger charge is -2.17. The number of rotatable bonds is 4. The molecule has 2 amide bonds. The monoisotopic (exact) mass is 325 g/mol. The fourth-order valence-corrected chi connectivity index (χ4v) is 3.33. The molecule has 2 aliphatic rings. The highest BCUT2D eigenvalue weighted by atomic mass is 16.2. The largest absolute Gasteiger partial charge is 0.355 e. The van der Waals surface area contributed by atoms with E-state index in [1.807, 2.05) is 30.3 Å². The number of carbonyl (C=O) groups excluding carboxylic acids is 2. The highest BCUT2D eigenvalue weighted by molar-refractivity contribution is 6.03. The molecular formula is C19H23N3O2. The van der Waals surface area contributed by atoms with E-state index >= 15 is 0 Å². The lowest BCUT2D eigenvalue weighted by molar-refractivity contribution is -0.133. The minimum absolute atomic E-state index is 0.144. The van der Waals surface area contributed by atoms with Gasteiger partial charge in [-0.25, -0.2) is 5.43 Å². The molecule has 5 heteroatoms. The zero-order valence-electron chi connectivity index (χ0n) is 13.9. The summed E-state index contributed by atoms with van der Waals surface area (Å²) in [5.41, 5.74) is 4.97. The van der Waals surface area contributed by atoms with Gasteiger partial charge in [0.15, 0.2) is 0 Å². The van der Waals surface area contributed by atoms with E-state index in [0.717, 1.165) is 24.8 Å². The summed E-state index contributed by atoms with van der Waals surface area (Å²) in [6, 6.07) is 9.66. The Hall–Kier alpha value is -2.43. The summed E-state index contributed by atoms with van der Waals surface area (Å²) in [6.07, 6.45) is 7.11. The summed E-state index contributed by atoms with van der Waals surface area (Å²) < 4.78 is 0. The van der Waals surface area contributed by atoms with Crippen molar-refractivity contribution in [2.24, 2.45) is 16.9 Å². The van der Waals surface area contributed by atoms with Gasteiger partial charge in [-0.1, -0.05) is 42.0 Å². The van der Waals surface area contributed by atoms with Crippen molar-refractivity contribution in [1.82, 2.24) is 10.7 Å². The summed E-state index contributed by atoms with van der Waals surface area (Å²) in [5.74, 6) is -1.08. The van der Waals surface area contributed by atoms with Crippen LogP contribution in [0.4, 0.5) is 0 Å².